The molecule has 0 radical (unpaired) electrons. The van der Waals surface area contributed by atoms with Gasteiger partial charge in [-0.05, 0) is 12.8 Å². The number of aliphatic hydroxyl groups is 1. The highest BCUT2D eigenvalue weighted by atomic mass is 16.5. The summed E-state index contributed by atoms with van der Waals surface area (Å²) in [5, 5.41) is 9.60. The van der Waals surface area contributed by atoms with E-state index in [2.05, 4.69) is 4.74 Å². The predicted molar refractivity (Wildman–Crippen MR) is 42.4 cm³/mol. The molecule has 0 amide bonds. The van der Waals surface area contributed by atoms with E-state index in [-0.39, 0.29) is 12.4 Å². The Hall–Kier alpha value is -0.410. The maximum absolute atomic E-state index is 11.2. The van der Waals surface area contributed by atoms with Gasteiger partial charge in [-0.25, -0.2) is 0 Å². The molecule has 0 unspecified atom stereocenters. The zero-order chi connectivity index (χ0) is 8.91. The van der Waals surface area contributed by atoms with Gasteiger partial charge < -0.3 is 9.84 Å². The first-order valence-electron chi connectivity index (χ1n) is 3.85. The minimum atomic E-state index is -1.17. The van der Waals surface area contributed by atoms with Crippen LogP contribution in [0.1, 0.15) is 26.7 Å². The normalized spacial score (nSPS) is 11.6. The Morgan fingerprint density at radius 1 is 1.45 bits per heavy atom. The van der Waals surface area contributed by atoms with Gasteiger partial charge in [0, 0.05) is 7.11 Å². The van der Waals surface area contributed by atoms with E-state index in [1.807, 2.05) is 0 Å². The molecule has 3 heteroatoms. The van der Waals surface area contributed by atoms with Gasteiger partial charge in [0.05, 0.1) is 0 Å². The largest absolute Gasteiger partial charge is 0.382 e. The number of methoxy groups -OCH3 is 1. The van der Waals surface area contributed by atoms with Crippen molar-refractivity contribution in [3.05, 3.63) is 0 Å². The van der Waals surface area contributed by atoms with Crippen LogP contribution < -0.4 is 0 Å². The summed E-state index contributed by atoms with van der Waals surface area (Å²) in [4.78, 5) is 11.2. The van der Waals surface area contributed by atoms with Crippen molar-refractivity contribution in [2.75, 3.05) is 13.7 Å². The highest BCUT2D eigenvalue weighted by Crippen LogP contribution is 2.15. The van der Waals surface area contributed by atoms with Gasteiger partial charge in [0.2, 0.25) is 0 Å². The van der Waals surface area contributed by atoms with Crippen LogP contribution in [0.3, 0.4) is 0 Å². The fraction of sp³-hybridized carbons (Fsp3) is 0.875. The Bertz CT molecular complexity index is 127. The van der Waals surface area contributed by atoms with Gasteiger partial charge in [0.1, 0.15) is 12.2 Å². The summed E-state index contributed by atoms with van der Waals surface area (Å²) in [6.07, 6.45) is 0.900. The van der Waals surface area contributed by atoms with E-state index in [0.29, 0.717) is 12.8 Å². The van der Waals surface area contributed by atoms with Crippen molar-refractivity contribution >= 4 is 5.78 Å². The highest BCUT2D eigenvalue weighted by molar-refractivity contribution is 5.88. The monoisotopic (exact) mass is 160 g/mol. The molecule has 0 atom stereocenters. The lowest BCUT2D eigenvalue weighted by atomic mass is 9.93. The molecular weight excluding hydrogens is 144 g/mol. The third-order valence-corrected chi connectivity index (χ3v) is 1.96. The molecule has 0 aromatic rings. The summed E-state index contributed by atoms with van der Waals surface area (Å²) < 4.78 is 4.64. The number of ketones is 1. The van der Waals surface area contributed by atoms with Crippen molar-refractivity contribution < 1.29 is 14.6 Å². The van der Waals surface area contributed by atoms with Crippen molar-refractivity contribution in [1.29, 1.82) is 0 Å². The zero-order valence-electron chi connectivity index (χ0n) is 7.39. The first kappa shape index (κ1) is 10.6. The second-order valence-corrected chi connectivity index (χ2v) is 2.59. The van der Waals surface area contributed by atoms with Crippen molar-refractivity contribution in [3.8, 4) is 0 Å². The van der Waals surface area contributed by atoms with E-state index in [1.54, 1.807) is 13.8 Å². The topological polar surface area (TPSA) is 46.5 Å². The molecule has 66 valence electrons. The standard InChI is InChI=1S/C8H16O3/c1-4-8(10,5-2)7(9)6-11-3/h10H,4-6H2,1-3H3. The number of hydrogen-bond acceptors (Lipinski definition) is 3. The molecule has 0 spiro atoms. The van der Waals surface area contributed by atoms with E-state index in [0.717, 1.165) is 0 Å². The van der Waals surface area contributed by atoms with E-state index in [9.17, 15) is 9.90 Å². The van der Waals surface area contributed by atoms with E-state index in [4.69, 9.17) is 0 Å². The van der Waals surface area contributed by atoms with Gasteiger partial charge in [-0.3, -0.25) is 4.79 Å². The number of ether oxygens (including phenoxy) is 1. The maximum Gasteiger partial charge on any atom is 0.189 e. The smallest absolute Gasteiger partial charge is 0.189 e. The second kappa shape index (κ2) is 4.46. The van der Waals surface area contributed by atoms with Crippen molar-refractivity contribution in [1.82, 2.24) is 0 Å². The summed E-state index contributed by atoms with van der Waals surface area (Å²) in [6.45, 7) is 3.58. The fourth-order valence-corrected chi connectivity index (χ4v) is 0.910. The first-order valence-corrected chi connectivity index (χ1v) is 3.85. The molecular formula is C8H16O3. The van der Waals surface area contributed by atoms with Crippen LogP contribution in [0.2, 0.25) is 0 Å². The van der Waals surface area contributed by atoms with Crippen LogP contribution >= 0.6 is 0 Å². The lowest BCUT2D eigenvalue weighted by molar-refractivity contribution is -0.141. The van der Waals surface area contributed by atoms with E-state index in [1.165, 1.54) is 7.11 Å². The molecule has 0 fully saturated rings. The van der Waals surface area contributed by atoms with Gasteiger partial charge in [-0.2, -0.15) is 0 Å². The van der Waals surface area contributed by atoms with Crippen LogP contribution in [0.5, 0.6) is 0 Å². The SMILES string of the molecule is CCC(O)(CC)C(=O)COC. The Labute approximate surface area is 67.4 Å². The molecule has 0 aliphatic rings. The van der Waals surface area contributed by atoms with Gasteiger partial charge in [-0.15, -0.1) is 0 Å². The molecule has 0 aliphatic heterocycles. The molecule has 0 aliphatic carbocycles. The lowest BCUT2D eigenvalue weighted by Gasteiger charge is -2.22. The molecule has 0 aromatic carbocycles. The molecule has 0 heterocycles. The molecule has 3 nitrogen and oxygen atoms in total. The molecule has 11 heavy (non-hydrogen) atoms. The number of carbonyl (C=O) groups is 1. The summed E-state index contributed by atoms with van der Waals surface area (Å²) in [5.74, 6) is -0.231. The average Bonchev–Trinajstić information content (AvgIpc) is 2.03. The molecule has 0 rings (SSSR count). The fourth-order valence-electron chi connectivity index (χ4n) is 0.910. The quantitative estimate of drug-likeness (QED) is 0.645. The molecule has 0 saturated heterocycles. The molecule has 0 aromatic heterocycles. The zero-order valence-corrected chi connectivity index (χ0v) is 7.39. The van der Waals surface area contributed by atoms with Gasteiger partial charge in [0.15, 0.2) is 5.78 Å². The number of rotatable bonds is 5. The van der Waals surface area contributed by atoms with Crippen molar-refractivity contribution in [2.45, 2.75) is 32.3 Å². The minimum Gasteiger partial charge on any atom is -0.382 e. The Morgan fingerprint density at radius 3 is 2.18 bits per heavy atom. The van der Waals surface area contributed by atoms with Crippen LogP contribution in [0.4, 0.5) is 0 Å². The van der Waals surface area contributed by atoms with Crippen LogP contribution in [-0.2, 0) is 9.53 Å². The second-order valence-electron chi connectivity index (χ2n) is 2.59. The summed E-state index contributed by atoms with van der Waals surface area (Å²) >= 11 is 0. The Kier molecular flexibility index (Phi) is 4.30. The molecule has 0 saturated carbocycles. The summed E-state index contributed by atoms with van der Waals surface area (Å²) in [7, 11) is 1.45. The van der Waals surface area contributed by atoms with E-state index < -0.39 is 5.60 Å². The predicted octanol–water partition coefficient (Wildman–Crippen LogP) is 0.753. The average molecular weight is 160 g/mol. The molecule has 0 bridgehead atoms. The van der Waals surface area contributed by atoms with Crippen molar-refractivity contribution in [2.24, 2.45) is 0 Å². The summed E-state index contributed by atoms with van der Waals surface area (Å²) in [6, 6.07) is 0. The maximum atomic E-state index is 11.2. The number of carbonyl (C=O) groups excluding carboxylic acids is 1. The third kappa shape index (κ3) is 2.60. The Morgan fingerprint density at radius 2 is 1.91 bits per heavy atom. The number of hydrogen-bond donors (Lipinski definition) is 1. The van der Waals surface area contributed by atoms with Crippen LogP contribution in [-0.4, -0.2) is 30.2 Å². The van der Waals surface area contributed by atoms with Gasteiger partial charge >= 0.3 is 0 Å². The van der Waals surface area contributed by atoms with Gasteiger partial charge in [-0.1, -0.05) is 13.8 Å². The molecule has 1 N–H and O–H groups in total. The van der Waals surface area contributed by atoms with Crippen LogP contribution in [0.25, 0.3) is 0 Å². The van der Waals surface area contributed by atoms with Crippen LogP contribution in [0.15, 0.2) is 0 Å². The third-order valence-electron chi connectivity index (χ3n) is 1.96. The van der Waals surface area contributed by atoms with E-state index >= 15 is 0 Å². The van der Waals surface area contributed by atoms with Crippen molar-refractivity contribution in [3.63, 3.8) is 0 Å². The number of Topliss-reactive ketones (excluding diaryl/α,β-unsaturated/α-hetero) is 1. The Balaban J connectivity index is 4.12. The lowest BCUT2D eigenvalue weighted by Crippen LogP contribution is -2.39. The minimum absolute atomic E-state index is 0.00181. The van der Waals surface area contributed by atoms with Gasteiger partial charge in [0.25, 0.3) is 0 Å². The summed E-state index contributed by atoms with van der Waals surface area (Å²) in [5.41, 5.74) is -1.17. The van der Waals surface area contributed by atoms with Crippen LogP contribution in [0, 0.1) is 0 Å². The highest BCUT2D eigenvalue weighted by Gasteiger charge is 2.30. The first-order chi connectivity index (χ1) is 5.10.